The minimum Gasteiger partial charge on any atom is -0.618 e. The van der Waals surface area contributed by atoms with Gasteiger partial charge in [-0.2, -0.15) is 4.74 Å². The molecule has 2 aromatic carbocycles. The molecule has 2 bridgehead atoms. The van der Waals surface area contributed by atoms with E-state index in [0.29, 0.717) is 30.8 Å². The van der Waals surface area contributed by atoms with Gasteiger partial charge in [0.1, 0.15) is 11.1 Å². The lowest BCUT2D eigenvalue weighted by Crippen LogP contribution is -2.83. The molecule has 166 valence electrons. The van der Waals surface area contributed by atoms with Gasteiger partial charge in [-0.1, -0.05) is 36.4 Å². The van der Waals surface area contributed by atoms with E-state index in [0.717, 1.165) is 33.4 Å². The molecule has 0 unspecified atom stereocenters. The van der Waals surface area contributed by atoms with Crippen LogP contribution in [-0.4, -0.2) is 44.8 Å². The molecule has 0 radical (unpaired) electrons. The van der Waals surface area contributed by atoms with E-state index < -0.39 is 16.5 Å². The van der Waals surface area contributed by atoms with Crippen LogP contribution in [0.1, 0.15) is 38.7 Å². The second-order valence-corrected chi connectivity index (χ2v) is 10.7. The van der Waals surface area contributed by atoms with Crippen LogP contribution >= 0.6 is 0 Å². The predicted octanol–water partition coefficient (Wildman–Crippen LogP) is 3.62. The largest absolute Gasteiger partial charge is 0.618 e. The number of rotatable bonds is 1. The smallest absolute Gasteiger partial charge is 0.253 e. The fourth-order valence-corrected chi connectivity index (χ4v) is 7.30. The second-order valence-electron chi connectivity index (χ2n) is 10.7. The lowest BCUT2D eigenvalue weighted by atomic mass is 9.51. The van der Waals surface area contributed by atoms with Gasteiger partial charge in [0.05, 0.1) is 16.6 Å². The van der Waals surface area contributed by atoms with Crippen molar-refractivity contribution in [3.63, 3.8) is 0 Å². The van der Waals surface area contributed by atoms with Gasteiger partial charge in [-0.25, -0.2) is 0 Å². The van der Waals surface area contributed by atoms with Gasteiger partial charge >= 0.3 is 0 Å². The summed E-state index contributed by atoms with van der Waals surface area (Å²) in [6.45, 7) is 4.75. The first kappa shape index (κ1) is 19.1. The van der Waals surface area contributed by atoms with E-state index in [-0.39, 0.29) is 17.7 Å². The first-order valence-corrected chi connectivity index (χ1v) is 11.7. The third kappa shape index (κ3) is 2.04. The molecule has 3 atom stereocenters. The van der Waals surface area contributed by atoms with Crippen molar-refractivity contribution in [2.24, 2.45) is 11.3 Å². The lowest BCUT2D eigenvalue weighted by molar-refractivity contribution is -0.362. The first-order chi connectivity index (χ1) is 15.8. The molecule has 5 heterocycles. The fourth-order valence-electron chi connectivity index (χ4n) is 7.30. The van der Waals surface area contributed by atoms with Gasteiger partial charge in [0.15, 0.2) is 0 Å². The maximum Gasteiger partial charge on any atom is 0.253 e. The second kappa shape index (κ2) is 5.74. The minimum atomic E-state index is -1.09. The Kier molecular flexibility index (Phi) is 3.32. The molecule has 1 N–H and O–H groups in total. The zero-order valence-electron chi connectivity index (χ0n) is 18.7. The molecule has 4 saturated heterocycles. The van der Waals surface area contributed by atoms with Crippen molar-refractivity contribution in [1.29, 1.82) is 0 Å². The average Bonchev–Trinajstić information content (AvgIpc) is 3.36. The van der Waals surface area contributed by atoms with Crippen molar-refractivity contribution >= 4 is 28.8 Å². The van der Waals surface area contributed by atoms with Gasteiger partial charge in [0.2, 0.25) is 17.3 Å². The van der Waals surface area contributed by atoms with Gasteiger partial charge in [0, 0.05) is 18.5 Å². The van der Waals surface area contributed by atoms with Crippen LogP contribution in [0, 0.1) is 16.5 Å². The number of carbonyl (C=O) groups excluding carboxylic acids is 2. The van der Waals surface area contributed by atoms with E-state index in [1.54, 1.807) is 0 Å². The number of hydrogen-bond acceptors (Lipinski definition) is 3. The summed E-state index contributed by atoms with van der Waals surface area (Å²) < 4.78 is 1.07. The molecule has 2 aromatic rings. The summed E-state index contributed by atoms with van der Waals surface area (Å²) in [7, 11) is 0. The number of hydrogen-bond donors (Lipinski definition) is 1. The van der Waals surface area contributed by atoms with Crippen LogP contribution in [0.5, 0.6) is 0 Å². The number of piperazine rings is 1. The highest BCUT2D eigenvalue weighted by atomic mass is 16.5. The Labute approximate surface area is 192 Å². The van der Waals surface area contributed by atoms with Gasteiger partial charge in [-0.05, 0) is 56.4 Å². The van der Waals surface area contributed by atoms with Gasteiger partial charge in [-0.3, -0.25) is 9.59 Å². The Bertz CT molecular complexity index is 1340. The lowest BCUT2D eigenvalue weighted by Gasteiger charge is -2.62. The quantitative estimate of drug-likeness (QED) is 0.545. The number of piperidine rings is 2. The summed E-state index contributed by atoms with van der Waals surface area (Å²) in [6.07, 6.45) is 4.04. The van der Waals surface area contributed by atoms with E-state index in [9.17, 15) is 14.8 Å². The van der Waals surface area contributed by atoms with Crippen molar-refractivity contribution in [2.75, 3.05) is 6.54 Å². The molecule has 5 aliphatic heterocycles. The molecule has 2 spiro atoms. The molecule has 33 heavy (non-hydrogen) atoms. The normalized spacial score (nSPS) is 32.7. The van der Waals surface area contributed by atoms with Crippen molar-refractivity contribution in [3.05, 3.63) is 65.4 Å². The van der Waals surface area contributed by atoms with Crippen molar-refractivity contribution in [1.82, 2.24) is 10.2 Å². The van der Waals surface area contributed by atoms with E-state index in [1.807, 2.05) is 59.5 Å². The topological polar surface area (TPSA) is 75.5 Å². The predicted molar refractivity (Wildman–Crippen MR) is 125 cm³/mol. The van der Waals surface area contributed by atoms with Crippen LogP contribution in [0.25, 0.3) is 16.7 Å². The Morgan fingerprint density at radius 1 is 1.09 bits per heavy atom. The molecule has 6 heteroatoms. The number of nitrogens with zero attached hydrogens (tertiary/aromatic N) is 2. The number of nitrogens with one attached hydrogen (secondary N) is 1. The number of carbonyl (C=O) groups is 2. The maximum atomic E-state index is 13.8. The summed E-state index contributed by atoms with van der Waals surface area (Å²) in [4.78, 5) is 28.9. The Hall–Kier alpha value is -3.41. The van der Waals surface area contributed by atoms with Crippen LogP contribution in [0.4, 0.5) is 5.69 Å². The van der Waals surface area contributed by atoms with E-state index in [4.69, 9.17) is 0 Å². The first-order valence-electron chi connectivity index (χ1n) is 11.7. The number of fused-ring (bicyclic) bond motifs is 4. The van der Waals surface area contributed by atoms with Crippen LogP contribution in [0.3, 0.4) is 0 Å². The SMILES string of the molecule is CC1(C)C2=[N+]([O-])c3cc(-c4ccccc4)ccc3C2=C[C@@]23NC(=O)[C@]4(CCCN4C2=O)C[C@@H]13. The number of amides is 2. The van der Waals surface area contributed by atoms with E-state index >= 15 is 0 Å². The van der Waals surface area contributed by atoms with Crippen molar-refractivity contribution in [2.45, 2.75) is 44.2 Å². The van der Waals surface area contributed by atoms with Crippen LogP contribution in [-0.2, 0) is 9.59 Å². The average molecular weight is 440 g/mol. The standard InChI is InChI=1S/C27H25N3O3/c1-25(2)21-15-26-11-6-12-29(26)24(32)27(21,28-23(26)31)14-19-18-10-9-17(16-7-4-3-5-8-16)13-20(18)30(33)22(19)25/h3-5,7-10,13-14,21H,6,11-12,15H2,1-2H3,(H,28,31)/t21-,26-,27-/m0/s1. The monoisotopic (exact) mass is 439 g/mol. The third-order valence-corrected chi connectivity index (χ3v) is 8.85. The van der Waals surface area contributed by atoms with Gasteiger partial charge in [-0.15, -0.1) is 0 Å². The molecule has 2 amide bonds. The van der Waals surface area contributed by atoms with Gasteiger partial charge < -0.3 is 15.4 Å². The summed E-state index contributed by atoms with van der Waals surface area (Å²) in [6, 6.07) is 15.9. The zero-order valence-corrected chi connectivity index (χ0v) is 18.7. The highest BCUT2D eigenvalue weighted by Crippen LogP contribution is 2.60. The summed E-state index contributed by atoms with van der Waals surface area (Å²) in [5.41, 5.74) is 2.51. The van der Waals surface area contributed by atoms with Crippen LogP contribution in [0.15, 0.2) is 54.6 Å². The highest BCUT2D eigenvalue weighted by Gasteiger charge is 2.73. The van der Waals surface area contributed by atoms with E-state index in [2.05, 4.69) is 19.2 Å². The zero-order chi connectivity index (χ0) is 22.8. The number of benzene rings is 2. The molecular weight excluding hydrogens is 414 g/mol. The summed E-state index contributed by atoms with van der Waals surface area (Å²) >= 11 is 0. The molecule has 0 saturated carbocycles. The molecule has 8 rings (SSSR count). The van der Waals surface area contributed by atoms with Crippen molar-refractivity contribution in [3.8, 4) is 11.1 Å². The van der Waals surface area contributed by atoms with Crippen LogP contribution < -0.4 is 5.32 Å². The summed E-state index contributed by atoms with van der Waals surface area (Å²) in [5, 5.41) is 16.9. The molecule has 4 fully saturated rings. The minimum absolute atomic E-state index is 0.0118. The Balaban J connectivity index is 1.46. The van der Waals surface area contributed by atoms with E-state index in [1.165, 1.54) is 0 Å². The molecule has 0 aromatic heterocycles. The third-order valence-electron chi connectivity index (χ3n) is 8.85. The van der Waals surface area contributed by atoms with Crippen molar-refractivity contribution < 1.29 is 14.3 Å². The molecule has 6 aliphatic rings. The fraction of sp³-hybridized carbons (Fsp3) is 0.370. The Morgan fingerprint density at radius 3 is 2.67 bits per heavy atom. The highest BCUT2D eigenvalue weighted by molar-refractivity contribution is 6.30. The molecular formula is C27H25N3O3. The maximum absolute atomic E-state index is 13.8. The van der Waals surface area contributed by atoms with Crippen LogP contribution in [0.2, 0.25) is 0 Å². The van der Waals surface area contributed by atoms with Gasteiger partial charge in [0.25, 0.3) is 5.91 Å². The molecule has 1 aliphatic carbocycles. The molecule has 6 nitrogen and oxygen atoms in total. The Morgan fingerprint density at radius 2 is 1.88 bits per heavy atom. The summed E-state index contributed by atoms with van der Waals surface area (Å²) in [5.74, 6) is -0.214. The number of allylic oxidation sites excluding steroid dienone is 1.